The number of nitrogens with zero attached hydrogens (tertiary/aromatic N) is 4. The van der Waals surface area contributed by atoms with E-state index in [2.05, 4.69) is 4.98 Å². The molecule has 4 rings (SSSR count). The quantitative estimate of drug-likeness (QED) is 0.551. The van der Waals surface area contributed by atoms with Crippen LogP contribution in [-0.2, 0) is 13.6 Å². The molecule has 4 aromatic rings. The molecule has 8 heteroatoms. The Bertz CT molecular complexity index is 1240. The third-order valence-electron chi connectivity index (χ3n) is 4.45. The fourth-order valence-corrected chi connectivity index (χ4v) is 3.09. The summed E-state index contributed by atoms with van der Waals surface area (Å²) in [6, 6.07) is 7.03. The number of fused-ring (bicyclic) bond motifs is 3. The van der Waals surface area contributed by atoms with Gasteiger partial charge >= 0.3 is 11.5 Å². The molecule has 0 amide bonds. The van der Waals surface area contributed by atoms with Gasteiger partial charge in [-0.2, -0.15) is 4.98 Å². The van der Waals surface area contributed by atoms with Crippen molar-refractivity contribution < 1.29 is 4.42 Å². The van der Waals surface area contributed by atoms with Crippen LogP contribution < -0.4 is 11.2 Å². The molecule has 0 bridgehead atoms. The highest BCUT2D eigenvalue weighted by Crippen LogP contribution is 2.19. The predicted octanol–water partition coefficient (Wildman–Crippen LogP) is 2.26. The van der Waals surface area contributed by atoms with Gasteiger partial charge in [0.05, 0.1) is 12.2 Å². The average molecular weight is 359 g/mol. The van der Waals surface area contributed by atoms with Crippen molar-refractivity contribution >= 4 is 28.6 Å². The normalized spacial score (nSPS) is 11.7. The maximum Gasteiger partial charge on any atom is 0.332 e. The molecule has 1 aromatic carbocycles. The molecule has 3 aromatic heterocycles. The van der Waals surface area contributed by atoms with E-state index in [1.54, 1.807) is 35.7 Å². The molecule has 0 aliphatic heterocycles. The van der Waals surface area contributed by atoms with Crippen LogP contribution in [-0.4, -0.2) is 18.5 Å². The van der Waals surface area contributed by atoms with Crippen LogP contribution in [0.3, 0.4) is 0 Å². The van der Waals surface area contributed by atoms with Gasteiger partial charge in [-0.15, -0.1) is 0 Å². The zero-order chi connectivity index (χ0) is 17.9. The van der Waals surface area contributed by atoms with Crippen LogP contribution in [0.4, 0.5) is 0 Å². The molecule has 7 nitrogen and oxygen atoms in total. The summed E-state index contributed by atoms with van der Waals surface area (Å²) in [5.41, 5.74) is 1.41. The summed E-state index contributed by atoms with van der Waals surface area (Å²) in [6.45, 7) is 3.81. The molecule has 0 saturated carbocycles. The number of aryl methyl sites for hydroxylation is 3. The van der Waals surface area contributed by atoms with Crippen molar-refractivity contribution in [3.05, 3.63) is 67.1 Å². The van der Waals surface area contributed by atoms with E-state index in [1.165, 1.54) is 9.13 Å². The molecule has 0 atom stereocenters. The SMILES string of the molecule is Cc1oc2nc3c(c(=O)n(Cc4ccc(Cl)cc4)c(=O)n3C)n2c1C. The van der Waals surface area contributed by atoms with Gasteiger partial charge in [0.25, 0.3) is 5.56 Å². The van der Waals surface area contributed by atoms with Crippen LogP contribution in [0, 0.1) is 13.8 Å². The Morgan fingerprint density at radius 3 is 2.52 bits per heavy atom. The van der Waals surface area contributed by atoms with Crippen LogP contribution in [0.15, 0.2) is 38.3 Å². The molecule has 0 radical (unpaired) electrons. The first-order chi connectivity index (χ1) is 11.9. The Morgan fingerprint density at radius 2 is 1.84 bits per heavy atom. The van der Waals surface area contributed by atoms with Gasteiger partial charge in [0.15, 0.2) is 11.2 Å². The lowest BCUT2D eigenvalue weighted by Crippen LogP contribution is -2.39. The topological polar surface area (TPSA) is 74.4 Å². The number of halogens is 1. The fraction of sp³-hybridized carbons (Fsp3) is 0.235. The van der Waals surface area contributed by atoms with Gasteiger partial charge in [0, 0.05) is 12.1 Å². The molecular weight excluding hydrogens is 344 g/mol. The van der Waals surface area contributed by atoms with Crippen molar-refractivity contribution in [1.29, 1.82) is 0 Å². The monoisotopic (exact) mass is 358 g/mol. The van der Waals surface area contributed by atoms with Crippen molar-refractivity contribution in [2.75, 3.05) is 0 Å². The van der Waals surface area contributed by atoms with E-state index >= 15 is 0 Å². The van der Waals surface area contributed by atoms with E-state index in [-0.39, 0.29) is 6.54 Å². The van der Waals surface area contributed by atoms with Crippen LogP contribution in [0.5, 0.6) is 0 Å². The van der Waals surface area contributed by atoms with Gasteiger partial charge < -0.3 is 4.42 Å². The summed E-state index contributed by atoms with van der Waals surface area (Å²) >= 11 is 5.89. The van der Waals surface area contributed by atoms with Crippen molar-refractivity contribution in [1.82, 2.24) is 18.5 Å². The minimum atomic E-state index is -0.428. The summed E-state index contributed by atoms with van der Waals surface area (Å²) in [5, 5.41) is 0.599. The zero-order valence-corrected chi connectivity index (χ0v) is 14.7. The number of oxazole rings is 1. The molecule has 0 aliphatic rings. The highest BCUT2D eigenvalue weighted by molar-refractivity contribution is 6.30. The Kier molecular flexibility index (Phi) is 3.36. The van der Waals surface area contributed by atoms with Gasteiger partial charge in [-0.1, -0.05) is 23.7 Å². The molecule has 0 unspecified atom stereocenters. The van der Waals surface area contributed by atoms with E-state index in [0.29, 0.717) is 27.8 Å². The van der Waals surface area contributed by atoms with Crippen molar-refractivity contribution in [2.24, 2.45) is 7.05 Å². The summed E-state index contributed by atoms with van der Waals surface area (Å²) in [4.78, 5) is 30.0. The third kappa shape index (κ3) is 2.23. The van der Waals surface area contributed by atoms with Gasteiger partial charge in [0.1, 0.15) is 5.76 Å². The largest absolute Gasteiger partial charge is 0.428 e. The van der Waals surface area contributed by atoms with E-state index < -0.39 is 11.2 Å². The standard InChI is InChI=1S/C17H15ClN4O3/c1-9-10(2)25-16-19-14-13(22(9)16)15(23)21(17(24)20(14)3)8-11-4-6-12(18)7-5-11/h4-7H,8H2,1-3H3. The minimum Gasteiger partial charge on any atom is -0.428 e. The molecule has 128 valence electrons. The van der Waals surface area contributed by atoms with Crippen LogP contribution in [0.2, 0.25) is 5.02 Å². The van der Waals surface area contributed by atoms with Crippen molar-refractivity contribution in [3.8, 4) is 0 Å². The van der Waals surface area contributed by atoms with Crippen LogP contribution >= 0.6 is 11.6 Å². The molecule has 3 heterocycles. The third-order valence-corrected chi connectivity index (χ3v) is 4.71. The number of imidazole rings is 1. The molecule has 25 heavy (non-hydrogen) atoms. The van der Waals surface area contributed by atoms with Crippen LogP contribution in [0.1, 0.15) is 17.0 Å². The first kappa shape index (κ1) is 15.7. The smallest absolute Gasteiger partial charge is 0.332 e. The molecular formula is C17H15ClN4O3. The van der Waals surface area contributed by atoms with E-state index in [9.17, 15) is 9.59 Å². The van der Waals surface area contributed by atoms with Crippen molar-refractivity contribution in [2.45, 2.75) is 20.4 Å². The fourth-order valence-electron chi connectivity index (χ4n) is 2.96. The number of hydrogen-bond acceptors (Lipinski definition) is 4. The Morgan fingerprint density at radius 1 is 1.16 bits per heavy atom. The lowest BCUT2D eigenvalue weighted by Gasteiger charge is -2.08. The molecule has 0 spiro atoms. The lowest BCUT2D eigenvalue weighted by molar-refractivity contribution is 0.561. The lowest BCUT2D eigenvalue weighted by atomic mass is 10.2. The van der Waals surface area contributed by atoms with Crippen LogP contribution in [0.25, 0.3) is 17.0 Å². The van der Waals surface area contributed by atoms with E-state index in [0.717, 1.165) is 11.3 Å². The van der Waals surface area contributed by atoms with Gasteiger partial charge in [-0.05, 0) is 31.5 Å². The zero-order valence-electron chi connectivity index (χ0n) is 13.9. The summed E-state index contributed by atoms with van der Waals surface area (Å²) in [7, 11) is 1.59. The molecule has 0 N–H and O–H groups in total. The first-order valence-electron chi connectivity index (χ1n) is 7.71. The second-order valence-corrected chi connectivity index (χ2v) is 6.44. The number of benzene rings is 1. The second kappa shape index (κ2) is 5.35. The Labute approximate surface area is 146 Å². The summed E-state index contributed by atoms with van der Waals surface area (Å²) in [6.07, 6.45) is 0. The average Bonchev–Trinajstić information content (AvgIpc) is 3.08. The molecule has 0 fully saturated rings. The van der Waals surface area contributed by atoms with Gasteiger partial charge in [-0.3, -0.25) is 18.3 Å². The van der Waals surface area contributed by atoms with E-state index in [1.807, 2.05) is 13.8 Å². The minimum absolute atomic E-state index is 0.154. The number of aromatic nitrogens is 4. The molecule has 0 saturated heterocycles. The number of hydrogen-bond donors (Lipinski definition) is 0. The predicted molar refractivity (Wildman–Crippen MR) is 94.5 cm³/mol. The Hall–Kier alpha value is -2.80. The highest BCUT2D eigenvalue weighted by Gasteiger charge is 2.21. The maximum atomic E-state index is 13.0. The van der Waals surface area contributed by atoms with Gasteiger partial charge in [-0.25, -0.2) is 4.79 Å². The van der Waals surface area contributed by atoms with Gasteiger partial charge in [0.2, 0.25) is 0 Å². The van der Waals surface area contributed by atoms with E-state index in [4.69, 9.17) is 16.0 Å². The molecule has 0 aliphatic carbocycles. The van der Waals surface area contributed by atoms with Crippen molar-refractivity contribution in [3.63, 3.8) is 0 Å². The summed E-state index contributed by atoms with van der Waals surface area (Å²) in [5.74, 6) is 0.989. The Balaban J connectivity index is 2.04. The first-order valence-corrected chi connectivity index (χ1v) is 8.08. The highest BCUT2D eigenvalue weighted by atomic mass is 35.5. The maximum absolute atomic E-state index is 13.0. The number of rotatable bonds is 2. The second-order valence-electron chi connectivity index (χ2n) is 6.01. The summed E-state index contributed by atoms with van der Waals surface area (Å²) < 4.78 is 9.80.